The molecule has 2 aromatic heterocycles. The van der Waals surface area contributed by atoms with Crippen LogP contribution in [0.25, 0.3) is 22.2 Å². The van der Waals surface area contributed by atoms with E-state index in [2.05, 4.69) is 15.3 Å². The Hall–Kier alpha value is -4.54. The Morgan fingerprint density at radius 3 is 2.69 bits per heavy atom. The van der Waals surface area contributed by atoms with E-state index in [0.29, 0.717) is 11.3 Å². The van der Waals surface area contributed by atoms with E-state index < -0.39 is 22.4 Å². The van der Waals surface area contributed by atoms with Crippen LogP contribution in [0, 0.1) is 15.9 Å². The van der Waals surface area contributed by atoms with Gasteiger partial charge in [-0.25, -0.2) is 14.8 Å². The maximum atomic E-state index is 14.1. The molecule has 0 fully saturated rings. The number of nitrogens with zero attached hydrogens (tertiary/aromatic N) is 4. The number of halogens is 1. The van der Waals surface area contributed by atoms with Crippen molar-refractivity contribution >= 4 is 34.2 Å². The lowest BCUT2D eigenvalue weighted by Crippen LogP contribution is -2.14. The summed E-state index contributed by atoms with van der Waals surface area (Å²) < 4.78 is 26.5. The van der Waals surface area contributed by atoms with Crippen LogP contribution in [0.1, 0.15) is 24.2 Å². The molecule has 1 N–H and O–H groups in total. The monoisotopic (exact) mass is 479 g/mol. The number of esters is 1. The van der Waals surface area contributed by atoms with Gasteiger partial charge in [-0.2, -0.15) is 4.39 Å². The lowest BCUT2D eigenvalue weighted by molar-refractivity contribution is -0.387. The van der Waals surface area contributed by atoms with Gasteiger partial charge in [-0.1, -0.05) is 18.2 Å². The standard InChI is InChI=1S/C24H22FN5O5/c1-13(2)35-23(31)15-11-26-24(27-18-10-20(30(32)33)17(25)9-21(18)34-4)28-22(15)16-12-29(3)19-8-6-5-7-14(16)19/h5-13H,1-4H3,(H,26,27,28). The molecule has 10 nitrogen and oxygen atoms in total. The average molecular weight is 479 g/mol. The number of anilines is 2. The second-order valence-electron chi connectivity index (χ2n) is 7.97. The number of carbonyl (C=O) groups is 1. The minimum atomic E-state index is -1.04. The number of benzene rings is 2. The SMILES string of the molecule is COc1cc(F)c([N+](=O)[O-])cc1Nc1ncc(C(=O)OC(C)C)c(-c2cn(C)c3ccccc23)n1. The number of methoxy groups -OCH3 is 1. The van der Waals surface area contributed by atoms with Crippen molar-refractivity contribution in [3.8, 4) is 17.0 Å². The Bertz CT molecular complexity index is 1450. The summed E-state index contributed by atoms with van der Waals surface area (Å²) in [7, 11) is 3.18. The van der Waals surface area contributed by atoms with Gasteiger partial charge in [-0.05, 0) is 19.9 Å². The summed E-state index contributed by atoms with van der Waals surface area (Å²) >= 11 is 0. The lowest BCUT2D eigenvalue weighted by Gasteiger charge is -2.14. The number of hydrogen-bond donors (Lipinski definition) is 1. The molecule has 0 unspecified atom stereocenters. The first-order valence-electron chi connectivity index (χ1n) is 10.6. The number of nitrogens with one attached hydrogen (secondary N) is 1. The molecule has 0 saturated carbocycles. The summed E-state index contributed by atoms with van der Waals surface area (Å²) in [6.45, 7) is 3.47. The van der Waals surface area contributed by atoms with Gasteiger partial charge in [0.1, 0.15) is 11.3 Å². The first kappa shape index (κ1) is 23.6. The third-order valence-electron chi connectivity index (χ3n) is 5.22. The van der Waals surface area contributed by atoms with Crippen molar-refractivity contribution in [3.63, 3.8) is 0 Å². The highest BCUT2D eigenvalue weighted by Gasteiger charge is 2.23. The highest BCUT2D eigenvalue weighted by molar-refractivity contribution is 6.03. The van der Waals surface area contributed by atoms with Crippen LogP contribution < -0.4 is 10.1 Å². The Labute approximate surface area is 199 Å². The smallest absolute Gasteiger partial charge is 0.342 e. The van der Waals surface area contributed by atoms with Crippen LogP contribution in [0.3, 0.4) is 0 Å². The van der Waals surface area contributed by atoms with Crippen LogP contribution >= 0.6 is 0 Å². The molecule has 0 spiro atoms. The van der Waals surface area contributed by atoms with E-state index in [0.717, 1.165) is 23.0 Å². The van der Waals surface area contributed by atoms with Crippen LogP contribution in [0.4, 0.5) is 21.7 Å². The van der Waals surface area contributed by atoms with Gasteiger partial charge in [-0.15, -0.1) is 0 Å². The fourth-order valence-corrected chi connectivity index (χ4v) is 3.68. The predicted octanol–water partition coefficient (Wildman–Crippen LogP) is 5.00. The number of aryl methyl sites for hydroxylation is 1. The highest BCUT2D eigenvalue weighted by Crippen LogP contribution is 2.35. The number of nitro groups is 1. The van der Waals surface area contributed by atoms with E-state index in [1.165, 1.54) is 13.3 Å². The summed E-state index contributed by atoms with van der Waals surface area (Å²) in [5.41, 5.74) is 1.40. The van der Waals surface area contributed by atoms with Gasteiger partial charge in [0, 0.05) is 48.0 Å². The van der Waals surface area contributed by atoms with Gasteiger partial charge >= 0.3 is 11.7 Å². The highest BCUT2D eigenvalue weighted by atomic mass is 19.1. The Morgan fingerprint density at radius 2 is 2.00 bits per heavy atom. The summed E-state index contributed by atoms with van der Waals surface area (Å²) in [5.74, 6) is -1.59. The second-order valence-corrected chi connectivity index (χ2v) is 7.97. The second kappa shape index (κ2) is 9.37. The number of ether oxygens (including phenoxy) is 2. The van der Waals surface area contributed by atoms with Crippen LogP contribution in [0.5, 0.6) is 5.75 Å². The molecule has 0 amide bonds. The van der Waals surface area contributed by atoms with Gasteiger partial charge in [0.05, 0.1) is 29.5 Å². The van der Waals surface area contributed by atoms with Crippen molar-refractivity contribution in [2.24, 2.45) is 7.05 Å². The normalized spacial score (nSPS) is 11.0. The molecule has 2 heterocycles. The van der Waals surface area contributed by atoms with Gasteiger partial charge < -0.3 is 19.4 Å². The topological polar surface area (TPSA) is 121 Å². The molecule has 0 saturated heterocycles. The van der Waals surface area contributed by atoms with E-state index in [9.17, 15) is 19.3 Å². The summed E-state index contributed by atoms with van der Waals surface area (Å²) in [6, 6.07) is 9.52. The maximum absolute atomic E-state index is 14.1. The fraction of sp³-hybridized carbons (Fsp3) is 0.208. The quantitative estimate of drug-likeness (QED) is 0.223. The lowest BCUT2D eigenvalue weighted by atomic mass is 10.1. The zero-order chi connectivity index (χ0) is 25.3. The zero-order valence-electron chi connectivity index (χ0n) is 19.4. The number of hydrogen-bond acceptors (Lipinski definition) is 8. The first-order chi connectivity index (χ1) is 16.7. The molecule has 0 aliphatic carbocycles. The summed E-state index contributed by atoms with van der Waals surface area (Å²) in [6.07, 6.45) is 2.80. The molecule has 4 rings (SSSR count). The molecular weight excluding hydrogens is 457 g/mol. The minimum absolute atomic E-state index is 0.0201. The average Bonchev–Trinajstić information content (AvgIpc) is 3.15. The minimum Gasteiger partial charge on any atom is -0.494 e. The molecule has 0 aliphatic rings. The van der Waals surface area contributed by atoms with Crippen molar-refractivity contribution in [2.75, 3.05) is 12.4 Å². The Kier molecular flexibility index (Phi) is 6.32. The van der Waals surface area contributed by atoms with E-state index in [1.807, 2.05) is 42.1 Å². The molecule has 2 aromatic carbocycles. The number of nitro benzene ring substituents is 1. The largest absolute Gasteiger partial charge is 0.494 e. The van der Waals surface area contributed by atoms with Crippen molar-refractivity contribution in [2.45, 2.75) is 20.0 Å². The van der Waals surface area contributed by atoms with Crippen molar-refractivity contribution in [1.29, 1.82) is 0 Å². The Balaban J connectivity index is 1.86. The van der Waals surface area contributed by atoms with Gasteiger partial charge in [-0.3, -0.25) is 10.1 Å². The molecular formula is C24H22FN5O5. The van der Waals surface area contributed by atoms with E-state index in [-0.39, 0.29) is 29.1 Å². The molecule has 0 aliphatic heterocycles. The number of aromatic nitrogens is 3. The van der Waals surface area contributed by atoms with Crippen LogP contribution in [-0.4, -0.2) is 38.6 Å². The van der Waals surface area contributed by atoms with Crippen molar-refractivity contribution < 1.29 is 23.6 Å². The van der Waals surface area contributed by atoms with Gasteiger partial charge in [0.25, 0.3) is 0 Å². The van der Waals surface area contributed by atoms with Crippen LogP contribution in [0.2, 0.25) is 0 Å². The molecule has 0 bridgehead atoms. The Morgan fingerprint density at radius 1 is 1.26 bits per heavy atom. The van der Waals surface area contributed by atoms with Crippen molar-refractivity contribution in [3.05, 3.63) is 70.3 Å². The summed E-state index contributed by atoms with van der Waals surface area (Å²) in [4.78, 5) is 32.0. The number of para-hydroxylation sites is 1. The van der Waals surface area contributed by atoms with Crippen molar-refractivity contribution in [1.82, 2.24) is 14.5 Å². The van der Waals surface area contributed by atoms with E-state index in [4.69, 9.17) is 9.47 Å². The number of rotatable bonds is 7. The molecule has 0 atom stereocenters. The molecule has 35 heavy (non-hydrogen) atoms. The third-order valence-corrected chi connectivity index (χ3v) is 5.22. The van der Waals surface area contributed by atoms with E-state index >= 15 is 0 Å². The summed E-state index contributed by atoms with van der Waals surface area (Å²) in [5, 5.41) is 14.9. The predicted molar refractivity (Wildman–Crippen MR) is 127 cm³/mol. The third kappa shape index (κ3) is 4.60. The molecule has 0 radical (unpaired) electrons. The fourth-order valence-electron chi connectivity index (χ4n) is 3.68. The van der Waals surface area contributed by atoms with Gasteiger partial charge in [0.15, 0.2) is 0 Å². The molecule has 4 aromatic rings. The number of carbonyl (C=O) groups excluding carboxylic acids is 1. The molecule has 180 valence electrons. The van der Waals surface area contributed by atoms with Gasteiger partial charge in [0.2, 0.25) is 11.8 Å². The van der Waals surface area contributed by atoms with Crippen LogP contribution in [-0.2, 0) is 11.8 Å². The zero-order valence-corrected chi connectivity index (χ0v) is 19.4. The van der Waals surface area contributed by atoms with Crippen LogP contribution in [0.15, 0.2) is 48.8 Å². The number of fused-ring (bicyclic) bond motifs is 1. The molecule has 11 heteroatoms. The van der Waals surface area contributed by atoms with E-state index in [1.54, 1.807) is 13.8 Å². The maximum Gasteiger partial charge on any atom is 0.342 e. The first-order valence-corrected chi connectivity index (χ1v) is 10.6.